The van der Waals surface area contributed by atoms with Crippen molar-refractivity contribution in [3.8, 4) is 0 Å². The Labute approximate surface area is 212 Å². The first-order chi connectivity index (χ1) is 17.7. The van der Waals surface area contributed by atoms with Gasteiger partial charge in [-0.05, 0) is 68.4 Å². The molecule has 3 heterocycles. The third-order valence-corrected chi connectivity index (χ3v) is 9.24. The van der Waals surface area contributed by atoms with E-state index in [-0.39, 0.29) is 11.3 Å². The SMILES string of the molecule is O=C(NCCn1ncc2c(N3CCN(c4ccccc4)CC3)ncnc21)C12CC3CC(CC(C3)C1)C2. The van der Waals surface area contributed by atoms with Gasteiger partial charge in [0.25, 0.3) is 0 Å². The number of carbonyl (C=O) groups is 1. The Morgan fingerprint density at radius 2 is 1.58 bits per heavy atom. The average molecular weight is 486 g/mol. The monoisotopic (exact) mass is 485 g/mol. The van der Waals surface area contributed by atoms with Crippen LogP contribution in [-0.4, -0.2) is 58.4 Å². The lowest BCUT2D eigenvalue weighted by molar-refractivity contribution is -0.146. The maximum atomic E-state index is 13.3. The number of piperazine rings is 1. The summed E-state index contributed by atoms with van der Waals surface area (Å²) in [4.78, 5) is 27.2. The van der Waals surface area contributed by atoms with Gasteiger partial charge in [0.1, 0.15) is 12.1 Å². The summed E-state index contributed by atoms with van der Waals surface area (Å²) in [5.41, 5.74) is 2.01. The number of para-hydroxylation sites is 1. The van der Waals surface area contributed by atoms with Crippen molar-refractivity contribution in [1.29, 1.82) is 0 Å². The molecule has 8 nitrogen and oxygen atoms in total. The Kier molecular flexibility index (Phi) is 5.36. The number of amides is 1. The number of aromatic nitrogens is 4. The van der Waals surface area contributed by atoms with Gasteiger partial charge in [-0.15, -0.1) is 0 Å². The summed E-state index contributed by atoms with van der Waals surface area (Å²) in [5, 5.41) is 8.89. The van der Waals surface area contributed by atoms with Crippen molar-refractivity contribution in [2.75, 3.05) is 42.5 Å². The van der Waals surface area contributed by atoms with E-state index in [1.807, 2.05) is 10.9 Å². The molecular formula is C28H35N7O. The number of fused-ring (bicyclic) bond motifs is 1. The maximum Gasteiger partial charge on any atom is 0.226 e. The lowest BCUT2D eigenvalue weighted by atomic mass is 9.49. The molecule has 4 saturated carbocycles. The zero-order valence-electron chi connectivity index (χ0n) is 20.9. The first kappa shape index (κ1) is 22.1. The number of hydrogen-bond donors (Lipinski definition) is 1. The second-order valence-corrected chi connectivity index (χ2v) is 11.6. The summed E-state index contributed by atoms with van der Waals surface area (Å²) >= 11 is 0. The van der Waals surface area contributed by atoms with Crippen LogP contribution in [0.5, 0.6) is 0 Å². The molecule has 36 heavy (non-hydrogen) atoms. The van der Waals surface area contributed by atoms with Crippen LogP contribution in [0.1, 0.15) is 38.5 Å². The fraction of sp³-hybridized carbons (Fsp3) is 0.571. The van der Waals surface area contributed by atoms with E-state index < -0.39 is 0 Å². The van der Waals surface area contributed by atoms with Gasteiger partial charge in [-0.1, -0.05) is 18.2 Å². The van der Waals surface area contributed by atoms with E-state index in [0.717, 1.165) is 80.0 Å². The highest BCUT2D eigenvalue weighted by Gasteiger charge is 2.54. The number of hydrogen-bond acceptors (Lipinski definition) is 6. The van der Waals surface area contributed by atoms with Crippen molar-refractivity contribution < 1.29 is 4.79 Å². The van der Waals surface area contributed by atoms with E-state index in [1.165, 1.54) is 24.9 Å². The van der Waals surface area contributed by atoms with E-state index in [1.54, 1.807) is 6.33 Å². The molecule has 3 aromatic rings. The van der Waals surface area contributed by atoms with Gasteiger partial charge < -0.3 is 15.1 Å². The van der Waals surface area contributed by atoms with Crippen LogP contribution in [0.15, 0.2) is 42.9 Å². The Hall–Kier alpha value is -3.16. The molecule has 4 bridgehead atoms. The lowest BCUT2D eigenvalue weighted by Crippen LogP contribution is -2.53. The van der Waals surface area contributed by atoms with E-state index >= 15 is 0 Å². The summed E-state index contributed by atoms with van der Waals surface area (Å²) in [6.07, 6.45) is 10.9. The molecular weight excluding hydrogens is 450 g/mol. The quantitative estimate of drug-likeness (QED) is 0.576. The standard InChI is InChI=1S/C28H35N7O/c36-27(28-15-20-12-21(16-28)14-22(13-20)17-28)29-6-7-35-26-24(18-32-35)25(30-19-31-26)34-10-8-33(9-11-34)23-4-2-1-3-5-23/h1-5,18-22H,6-17H2,(H,29,36). The number of carbonyl (C=O) groups excluding carboxylic acids is 1. The number of rotatable bonds is 6. The van der Waals surface area contributed by atoms with Gasteiger partial charge in [-0.2, -0.15) is 5.10 Å². The molecule has 4 aliphatic carbocycles. The maximum absolute atomic E-state index is 13.3. The summed E-state index contributed by atoms with van der Waals surface area (Å²) in [5.74, 6) is 3.58. The van der Waals surface area contributed by atoms with Crippen LogP contribution in [0.2, 0.25) is 0 Å². The fourth-order valence-electron chi connectivity index (χ4n) is 7.96. The van der Waals surface area contributed by atoms with E-state index in [4.69, 9.17) is 0 Å². The summed E-state index contributed by atoms with van der Waals surface area (Å²) in [7, 11) is 0. The molecule has 1 aliphatic heterocycles. The molecule has 0 unspecified atom stereocenters. The molecule has 8 heteroatoms. The summed E-state index contributed by atoms with van der Waals surface area (Å²) < 4.78 is 1.92. The molecule has 0 radical (unpaired) electrons. The zero-order chi connectivity index (χ0) is 24.1. The lowest BCUT2D eigenvalue weighted by Gasteiger charge is -2.55. The highest BCUT2D eigenvalue weighted by Crippen LogP contribution is 2.60. The topological polar surface area (TPSA) is 79.2 Å². The van der Waals surface area contributed by atoms with Crippen molar-refractivity contribution in [2.45, 2.75) is 45.1 Å². The summed E-state index contributed by atoms with van der Waals surface area (Å²) in [6.45, 7) is 4.95. The van der Waals surface area contributed by atoms with Crippen molar-refractivity contribution in [3.05, 3.63) is 42.9 Å². The van der Waals surface area contributed by atoms with Gasteiger partial charge in [0.2, 0.25) is 5.91 Å². The van der Waals surface area contributed by atoms with E-state index in [2.05, 4.69) is 60.5 Å². The molecule has 5 aliphatic rings. The Morgan fingerprint density at radius 3 is 2.28 bits per heavy atom. The largest absolute Gasteiger partial charge is 0.368 e. The van der Waals surface area contributed by atoms with Crippen molar-refractivity contribution in [2.24, 2.45) is 23.2 Å². The minimum Gasteiger partial charge on any atom is -0.368 e. The van der Waals surface area contributed by atoms with E-state index in [0.29, 0.717) is 13.1 Å². The van der Waals surface area contributed by atoms with Crippen LogP contribution >= 0.6 is 0 Å². The van der Waals surface area contributed by atoms with Gasteiger partial charge in [-0.25, -0.2) is 14.6 Å². The molecule has 8 rings (SSSR count). The smallest absolute Gasteiger partial charge is 0.226 e. The van der Waals surface area contributed by atoms with Crippen LogP contribution in [0.25, 0.3) is 11.0 Å². The molecule has 2 aromatic heterocycles. The third kappa shape index (κ3) is 3.82. The van der Waals surface area contributed by atoms with Gasteiger partial charge in [0.15, 0.2) is 5.65 Å². The number of nitrogens with one attached hydrogen (secondary N) is 1. The van der Waals surface area contributed by atoms with Crippen LogP contribution < -0.4 is 15.1 Å². The predicted octanol–water partition coefficient (Wildman–Crippen LogP) is 3.49. The minimum absolute atomic E-state index is 0.0990. The Morgan fingerprint density at radius 1 is 0.917 bits per heavy atom. The van der Waals surface area contributed by atoms with E-state index in [9.17, 15) is 4.79 Å². The number of anilines is 2. The van der Waals surface area contributed by atoms with Gasteiger partial charge in [0, 0.05) is 43.8 Å². The fourth-order valence-corrected chi connectivity index (χ4v) is 7.96. The molecule has 0 atom stereocenters. The van der Waals surface area contributed by atoms with Crippen LogP contribution in [0.3, 0.4) is 0 Å². The number of benzene rings is 1. The number of nitrogens with zero attached hydrogens (tertiary/aromatic N) is 6. The van der Waals surface area contributed by atoms with Crippen LogP contribution in [0.4, 0.5) is 11.5 Å². The minimum atomic E-state index is -0.0990. The Balaban J connectivity index is 0.999. The molecule has 5 fully saturated rings. The van der Waals surface area contributed by atoms with Gasteiger partial charge in [0.05, 0.1) is 18.1 Å². The molecule has 1 aromatic carbocycles. The first-order valence-electron chi connectivity index (χ1n) is 13.7. The molecule has 1 N–H and O–H groups in total. The van der Waals surface area contributed by atoms with Crippen molar-refractivity contribution in [1.82, 2.24) is 25.1 Å². The highest BCUT2D eigenvalue weighted by atomic mass is 16.2. The summed E-state index contributed by atoms with van der Waals surface area (Å²) in [6, 6.07) is 10.6. The van der Waals surface area contributed by atoms with Gasteiger partial charge >= 0.3 is 0 Å². The Bertz CT molecular complexity index is 1210. The predicted molar refractivity (Wildman–Crippen MR) is 140 cm³/mol. The highest BCUT2D eigenvalue weighted by molar-refractivity contribution is 5.87. The molecule has 1 amide bonds. The van der Waals surface area contributed by atoms with Gasteiger partial charge in [-0.3, -0.25) is 4.79 Å². The molecule has 1 saturated heterocycles. The third-order valence-electron chi connectivity index (χ3n) is 9.24. The second-order valence-electron chi connectivity index (χ2n) is 11.6. The average Bonchev–Trinajstić information content (AvgIpc) is 3.32. The van der Waals surface area contributed by atoms with Crippen molar-refractivity contribution in [3.63, 3.8) is 0 Å². The normalized spacial score (nSPS) is 29.2. The first-order valence-corrected chi connectivity index (χ1v) is 13.7. The van der Waals surface area contributed by atoms with Crippen molar-refractivity contribution >= 4 is 28.4 Å². The van der Waals surface area contributed by atoms with Crippen LogP contribution in [0, 0.1) is 23.2 Å². The molecule has 188 valence electrons. The second kappa shape index (κ2) is 8.75. The molecule has 0 spiro atoms. The van der Waals surface area contributed by atoms with Crippen LogP contribution in [-0.2, 0) is 11.3 Å². The zero-order valence-corrected chi connectivity index (χ0v) is 20.9.